The van der Waals surface area contributed by atoms with Gasteiger partial charge in [-0.1, -0.05) is 0 Å². The van der Waals surface area contributed by atoms with Crippen molar-refractivity contribution in [2.24, 2.45) is 0 Å². The lowest BCUT2D eigenvalue weighted by atomic mass is 10.2. The summed E-state index contributed by atoms with van der Waals surface area (Å²) >= 11 is 0. The number of carbonyl (C=O) groups is 1. The van der Waals surface area contributed by atoms with E-state index >= 15 is 0 Å². The quantitative estimate of drug-likeness (QED) is 0.747. The van der Waals surface area contributed by atoms with Crippen molar-refractivity contribution in [2.75, 3.05) is 12.4 Å². The summed E-state index contributed by atoms with van der Waals surface area (Å²) < 4.78 is 7.89. The van der Waals surface area contributed by atoms with Crippen molar-refractivity contribution >= 4 is 11.6 Å². The molecule has 1 atom stereocenters. The number of rotatable bonds is 5. The summed E-state index contributed by atoms with van der Waals surface area (Å²) in [5.41, 5.74) is 1.98. The molecule has 8 heteroatoms. The Bertz CT molecular complexity index is 1020. The molecule has 0 radical (unpaired) electrons. The zero-order chi connectivity index (χ0) is 19.6. The zero-order valence-electron chi connectivity index (χ0n) is 15.6. The Morgan fingerprint density at radius 1 is 1.11 bits per heavy atom. The number of aromatic nitrogens is 4. The summed E-state index contributed by atoms with van der Waals surface area (Å²) in [6.07, 6.45) is 0. The first-order valence-electron chi connectivity index (χ1n) is 8.47. The number of methoxy groups -OCH3 is 1. The van der Waals surface area contributed by atoms with Gasteiger partial charge >= 0.3 is 0 Å². The van der Waals surface area contributed by atoms with Crippen LogP contribution in [0, 0.1) is 13.8 Å². The molecule has 1 aromatic carbocycles. The third-order valence-corrected chi connectivity index (χ3v) is 4.14. The van der Waals surface area contributed by atoms with Gasteiger partial charge in [0, 0.05) is 17.4 Å². The molecule has 2 aromatic heterocycles. The molecule has 0 aliphatic carbocycles. The number of amides is 1. The lowest BCUT2D eigenvalue weighted by Gasteiger charge is -2.15. The van der Waals surface area contributed by atoms with Crippen molar-refractivity contribution < 1.29 is 9.53 Å². The Morgan fingerprint density at radius 3 is 2.41 bits per heavy atom. The molecule has 0 spiro atoms. The molecule has 2 heterocycles. The van der Waals surface area contributed by atoms with Gasteiger partial charge in [0.15, 0.2) is 5.82 Å². The SMILES string of the molecule is COc1ccc(NC(=O)C(C)n2nc(-n3nc(C)cc3C)ccc2=O)cc1. The molecule has 1 unspecified atom stereocenters. The normalized spacial score (nSPS) is 11.9. The van der Waals surface area contributed by atoms with Crippen LogP contribution in [0.3, 0.4) is 0 Å². The van der Waals surface area contributed by atoms with Crippen LogP contribution < -0.4 is 15.6 Å². The monoisotopic (exact) mass is 367 g/mol. The number of hydrogen-bond acceptors (Lipinski definition) is 5. The van der Waals surface area contributed by atoms with E-state index in [0.717, 1.165) is 16.1 Å². The second-order valence-electron chi connectivity index (χ2n) is 6.21. The minimum atomic E-state index is -0.795. The first kappa shape index (κ1) is 18.4. The Morgan fingerprint density at radius 2 is 1.81 bits per heavy atom. The van der Waals surface area contributed by atoms with E-state index in [2.05, 4.69) is 15.5 Å². The molecule has 1 amide bonds. The van der Waals surface area contributed by atoms with E-state index in [1.54, 1.807) is 49.0 Å². The van der Waals surface area contributed by atoms with Crippen LogP contribution in [-0.4, -0.2) is 32.6 Å². The van der Waals surface area contributed by atoms with Gasteiger partial charge in [-0.3, -0.25) is 9.59 Å². The summed E-state index contributed by atoms with van der Waals surface area (Å²) in [5, 5.41) is 11.5. The Balaban J connectivity index is 1.85. The van der Waals surface area contributed by atoms with Crippen LogP contribution in [0.5, 0.6) is 5.75 Å². The van der Waals surface area contributed by atoms with E-state index in [4.69, 9.17) is 4.74 Å². The highest BCUT2D eigenvalue weighted by atomic mass is 16.5. The van der Waals surface area contributed by atoms with E-state index in [1.165, 1.54) is 6.07 Å². The van der Waals surface area contributed by atoms with Gasteiger partial charge in [0.05, 0.1) is 12.8 Å². The van der Waals surface area contributed by atoms with E-state index < -0.39 is 6.04 Å². The predicted molar refractivity (Wildman–Crippen MR) is 101 cm³/mol. The highest BCUT2D eigenvalue weighted by molar-refractivity contribution is 5.93. The van der Waals surface area contributed by atoms with Crippen LogP contribution in [0.15, 0.2) is 47.3 Å². The van der Waals surface area contributed by atoms with Gasteiger partial charge in [0.25, 0.3) is 5.56 Å². The van der Waals surface area contributed by atoms with Crippen LogP contribution in [0.1, 0.15) is 24.4 Å². The second-order valence-corrected chi connectivity index (χ2v) is 6.21. The fraction of sp³-hybridized carbons (Fsp3) is 0.263. The predicted octanol–water partition coefficient (Wildman–Crippen LogP) is 2.25. The molecule has 0 bridgehead atoms. The molecular weight excluding hydrogens is 346 g/mol. The maximum atomic E-state index is 12.6. The molecule has 1 N–H and O–H groups in total. The fourth-order valence-electron chi connectivity index (χ4n) is 2.70. The third-order valence-electron chi connectivity index (χ3n) is 4.14. The lowest BCUT2D eigenvalue weighted by Crippen LogP contribution is -2.33. The first-order chi connectivity index (χ1) is 12.9. The number of carbonyl (C=O) groups excluding carboxylic acids is 1. The number of benzene rings is 1. The van der Waals surface area contributed by atoms with Crippen molar-refractivity contribution in [3.05, 3.63) is 64.2 Å². The van der Waals surface area contributed by atoms with Gasteiger partial charge in [0.2, 0.25) is 5.91 Å². The van der Waals surface area contributed by atoms with Crippen molar-refractivity contribution in [3.8, 4) is 11.6 Å². The largest absolute Gasteiger partial charge is 0.497 e. The van der Waals surface area contributed by atoms with Gasteiger partial charge in [-0.15, -0.1) is 5.10 Å². The number of aryl methyl sites for hydroxylation is 2. The topological polar surface area (TPSA) is 91.0 Å². The van der Waals surface area contributed by atoms with Gasteiger partial charge in [-0.2, -0.15) is 5.10 Å². The Hall–Kier alpha value is -3.42. The molecule has 0 saturated heterocycles. The lowest BCUT2D eigenvalue weighted by molar-refractivity contribution is -0.119. The minimum absolute atomic E-state index is 0.347. The molecule has 0 fully saturated rings. The summed E-state index contributed by atoms with van der Waals surface area (Å²) in [6, 6.07) is 11.0. The number of anilines is 1. The molecule has 0 aliphatic rings. The molecule has 8 nitrogen and oxygen atoms in total. The van der Waals surface area contributed by atoms with Crippen LogP contribution in [0.25, 0.3) is 5.82 Å². The maximum Gasteiger partial charge on any atom is 0.267 e. The van der Waals surface area contributed by atoms with E-state index in [0.29, 0.717) is 17.3 Å². The van der Waals surface area contributed by atoms with Crippen LogP contribution in [0.2, 0.25) is 0 Å². The van der Waals surface area contributed by atoms with Gasteiger partial charge < -0.3 is 10.1 Å². The van der Waals surface area contributed by atoms with Crippen molar-refractivity contribution in [1.82, 2.24) is 19.6 Å². The van der Waals surface area contributed by atoms with Gasteiger partial charge in [0.1, 0.15) is 11.8 Å². The van der Waals surface area contributed by atoms with Gasteiger partial charge in [-0.25, -0.2) is 9.36 Å². The summed E-state index contributed by atoms with van der Waals surface area (Å²) in [6.45, 7) is 5.40. The van der Waals surface area contributed by atoms with E-state index in [1.807, 2.05) is 19.9 Å². The average Bonchev–Trinajstić information content (AvgIpc) is 3.00. The van der Waals surface area contributed by atoms with Crippen LogP contribution in [0.4, 0.5) is 5.69 Å². The smallest absolute Gasteiger partial charge is 0.267 e. The van der Waals surface area contributed by atoms with Crippen LogP contribution in [-0.2, 0) is 4.79 Å². The minimum Gasteiger partial charge on any atom is -0.497 e. The first-order valence-corrected chi connectivity index (χ1v) is 8.47. The third kappa shape index (κ3) is 3.89. The summed E-state index contributed by atoms with van der Waals surface area (Å²) in [7, 11) is 1.57. The molecule has 0 aliphatic heterocycles. The number of nitrogens with one attached hydrogen (secondary N) is 1. The molecule has 140 valence electrons. The van der Waals surface area contributed by atoms with E-state index in [-0.39, 0.29) is 11.5 Å². The fourth-order valence-corrected chi connectivity index (χ4v) is 2.70. The van der Waals surface area contributed by atoms with Crippen molar-refractivity contribution in [1.29, 1.82) is 0 Å². The molecule has 3 rings (SSSR count). The highest BCUT2D eigenvalue weighted by Crippen LogP contribution is 2.16. The summed E-state index contributed by atoms with van der Waals surface area (Å²) in [4.78, 5) is 24.8. The summed E-state index contributed by atoms with van der Waals surface area (Å²) in [5.74, 6) is 0.820. The van der Waals surface area contributed by atoms with Crippen molar-refractivity contribution in [3.63, 3.8) is 0 Å². The van der Waals surface area contributed by atoms with Gasteiger partial charge in [-0.05, 0) is 57.2 Å². The molecule has 3 aromatic rings. The van der Waals surface area contributed by atoms with Crippen LogP contribution >= 0.6 is 0 Å². The molecule has 27 heavy (non-hydrogen) atoms. The maximum absolute atomic E-state index is 12.6. The zero-order valence-corrected chi connectivity index (χ0v) is 15.6. The number of hydrogen-bond donors (Lipinski definition) is 1. The standard InChI is InChI=1S/C19H21N5O3/c1-12-11-13(2)23(21-12)17-9-10-18(25)24(22-17)14(3)19(26)20-15-5-7-16(27-4)8-6-15/h5-11,14H,1-4H3,(H,20,26). The Kier molecular flexibility index (Phi) is 5.07. The number of ether oxygens (including phenoxy) is 1. The highest BCUT2D eigenvalue weighted by Gasteiger charge is 2.19. The van der Waals surface area contributed by atoms with Crippen molar-refractivity contribution in [2.45, 2.75) is 26.8 Å². The van der Waals surface area contributed by atoms with E-state index in [9.17, 15) is 9.59 Å². The average molecular weight is 367 g/mol. The number of nitrogens with zero attached hydrogens (tertiary/aromatic N) is 4. The second kappa shape index (κ2) is 7.45. The Labute approximate surface area is 156 Å². The molecule has 0 saturated carbocycles. The molecular formula is C19H21N5O3.